The van der Waals surface area contributed by atoms with E-state index >= 15 is 0 Å². The molecule has 0 spiro atoms. The number of aromatic amines is 1. The first-order valence-electron chi connectivity index (χ1n) is 9.87. The van der Waals surface area contributed by atoms with Gasteiger partial charge in [0.2, 0.25) is 0 Å². The van der Waals surface area contributed by atoms with Crippen molar-refractivity contribution in [2.24, 2.45) is 0 Å². The number of nitrogens with one attached hydrogen (secondary N) is 2. The fourth-order valence-corrected chi connectivity index (χ4v) is 3.55. The fraction of sp³-hybridized carbons (Fsp3) is 0.261. The Balaban J connectivity index is 1.52. The molecule has 1 aromatic heterocycles. The molecule has 0 radical (unpaired) electrons. The normalized spacial score (nSPS) is 13.1. The van der Waals surface area contributed by atoms with Crippen LogP contribution in [0.2, 0.25) is 0 Å². The van der Waals surface area contributed by atoms with E-state index in [4.69, 9.17) is 0 Å². The quantitative estimate of drug-likeness (QED) is 0.714. The molecule has 1 aliphatic heterocycles. The van der Waals surface area contributed by atoms with Crippen molar-refractivity contribution in [1.82, 2.24) is 14.9 Å². The number of fused-ring (bicyclic) bond motifs is 1. The molecule has 0 saturated carbocycles. The van der Waals surface area contributed by atoms with E-state index in [2.05, 4.69) is 22.2 Å². The summed E-state index contributed by atoms with van der Waals surface area (Å²) in [6.07, 6.45) is 1.51. The van der Waals surface area contributed by atoms with Crippen molar-refractivity contribution in [3.8, 4) is 11.4 Å². The first-order valence-corrected chi connectivity index (χ1v) is 9.87. The van der Waals surface area contributed by atoms with Gasteiger partial charge in [-0.05, 0) is 37.1 Å². The number of benzene rings is 2. The van der Waals surface area contributed by atoms with Crippen LogP contribution in [-0.2, 0) is 19.4 Å². The Morgan fingerprint density at radius 2 is 2.00 bits per heavy atom. The largest absolute Gasteiger partial charge is 0.322 e. The Morgan fingerprint density at radius 3 is 2.72 bits per heavy atom. The third-order valence-corrected chi connectivity index (χ3v) is 5.26. The van der Waals surface area contributed by atoms with Crippen LogP contribution in [0, 0.1) is 6.92 Å². The lowest BCUT2D eigenvalue weighted by Gasteiger charge is -2.28. The summed E-state index contributed by atoms with van der Waals surface area (Å²) in [7, 11) is 0. The van der Waals surface area contributed by atoms with E-state index in [1.54, 1.807) is 4.90 Å². The van der Waals surface area contributed by atoms with E-state index in [1.165, 1.54) is 5.56 Å². The Kier molecular flexibility index (Phi) is 5.16. The summed E-state index contributed by atoms with van der Waals surface area (Å²) >= 11 is 0. The van der Waals surface area contributed by atoms with E-state index in [0.29, 0.717) is 24.4 Å². The molecular formula is C23H24N4O2. The van der Waals surface area contributed by atoms with E-state index in [9.17, 15) is 9.59 Å². The molecular weight excluding hydrogens is 364 g/mol. The minimum Gasteiger partial charge on any atom is -0.320 e. The van der Waals surface area contributed by atoms with Gasteiger partial charge in [0.05, 0.1) is 17.8 Å². The predicted octanol–water partition coefficient (Wildman–Crippen LogP) is 3.90. The molecule has 2 amide bonds. The van der Waals surface area contributed by atoms with Crippen LogP contribution in [0.3, 0.4) is 0 Å². The van der Waals surface area contributed by atoms with Crippen LogP contribution >= 0.6 is 0 Å². The third kappa shape index (κ3) is 4.06. The van der Waals surface area contributed by atoms with Crippen molar-refractivity contribution in [3.63, 3.8) is 0 Å². The van der Waals surface area contributed by atoms with Crippen LogP contribution in [0.15, 0.2) is 53.3 Å². The fourth-order valence-electron chi connectivity index (χ4n) is 3.55. The van der Waals surface area contributed by atoms with E-state index < -0.39 is 0 Å². The summed E-state index contributed by atoms with van der Waals surface area (Å²) in [5.74, 6) is 0.575. The van der Waals surface area contributed by atoms with Gasteiger partial charge in [0.25, 0.3) is 5.56 Å². The third-order valence-electron chi connectivity index (χ3n) is 5.26. The highest BCUT2D eigenvalue weighted by Crippen LogP contribution is 2.20. The zero-order valence-corrected chi connectivity index (χ0v) is 16.7. The molecule has 0 aliphatic carbocycles. The van der Waals surface area contributed by atoms with Crippen molar-refractivity contribution < 1.29 is 4.79 Å². The van der Waals surface area contributed by atoms with E-state index in [1.807, 2.05) is 55.5 Å². The summed E-state index contributed by atoms with van der Waals surface area (Å²) in [6, 6.07) is 15.5. The molecule has 0 bridgehead atoms. The average molecular weight is 388 g/mol. The molecule has 6 heteroatoms. The molecule has 0 fully saturated rings. The smallest absolute Gasteiger partial charge is 0.320 e. The molecule has 29 heavy (non-hydrogen) atoms. The molecule has 6 nitrogen and oxygen atoms in total. The maximum Gasteiger partial charge on any atom is 0.322 e. The molecule has 148 valence electrons. The SMILES string of the molecule is CCc1ccc(NC(=O)N2CCc3nc(-c4cccc(C)c4)[nH]c(=O)c3C2)cc1. The molecule has 1 aliphatic rings. The van der Waals surface area contributed by atoms with Gasteiger partial charge in [-0.3, -0.25) is 4.79 Å². The van der Waals surface area contributed by atoms with Crippen LogP contribution in [0.25, 0.3) is 11.4 Å². The Bertz CT molecular complexity index is 1100. The molecule has 2 heterocycles. The van der Waals surface area contributed by atoms with Gasteiger partial charge in [-0.1, -0.05) is 42.8 Å². The second-order valence-corrected chi connectivity index (χ2v) is 7.36. The average Bonchev–Trinajstić information content (AvgIpc) is 2.74. The van der Waals surface area contributed by atoms with Crippen molar-refractivity contribution >= 4 is 11.7 Å². The number of carbonyl (C=O) groups excluding carboxylic acids is 1. The van der Waals surface area contributed by atoms with Crippen molar-refractivity contribution in [2.45, 2.75) is 33.2 Å². The first kappa shape index (κ1) is 18.9. The van der Waals surface area contributed by atoms with Gasteiger partial charge in [-0.25, -0.2) is 9.78 Å². The molecule has 3 aromatic rings. The number of hydrogen-bond donors (Lipinski definition) is 2. The minimum absolute atomic E-state index is 0.184. The number of hydrogen-bond acceptors (Lipinski definition) is 3. The van der Waals surface area contributed by atoms with Crippen molar-refractivity contribution in [1.29, 1.82) is 0 Å². The maximum absolute atomic E-state index is 12.7. The number of anilines is 1. The summed E-state index contributed by atoms with van der Waals surface area (Å²) in [5, 5.41) is 2.91. The summed E-state index contributed by atoms with van der Waals surface area (Å²) < 4.78 is 0. The van der Waals surface area contributed by atoms with Crippen LogP contribution in [0.4, 0.5) is 10.5 Å². The minimum atomic E-state index is -0.206. The monoisotopic (exact) mass is 388 g/mol. The lowest BCUT2D eigenvalue weighted by atomic mass is 10.1. The molecule has 4 rings (SSSR count). The van der Waals surface area contributed by atoms with Crippen LogP contribution in [-0.4, -0.2) is 27.4 Å². The maximum atomic E-state index is 12.7. The van der Waals surface area contributed by atoms with Gasteiger partial charge < -0.3 is 15.2 Å². The van der Waals surface area contributed by atoms with Crippen molar-refractivity contribution in [3.05, 3.63) is 81.3 Å². The van der Waals surface area contributed by atoms with Gasteiger partial charge in [-0.15, -0.1) is 0 Å². The number of rotatable bonds is 3. The summed E-state index contributed by atoms with van der Waals surface area (Å²) in [6.45, 7) is 4.88. The highest BCUT2D eigenvalue weighted by Gasteiger charge is 2.24. The number of urea groups is 1. The Labute approximate surface area is 169 Å². The second-order valence-electron chi connectivity index (χ2n) is 7.36. The molecule has 2 aromatic carbocycles. The molecule has 2 N–H and O–H groups in total. The van der Waals surface area contributed by atoms with Gasteiger partial charge in [0.15, 0.2) is 0 Å². The highest BCUT2D eigenvalue weighted by molar-refractivity contribution is 5.89. The summed E-state index contributed by atoms with van der Waals surface area (Å²) in [4.78, 5) is 34.5. The van der Waals surface area contributed by atoms with E-state index in [0.717, 1.165) is 28.9 Å². The lowest BCUT2D eigenvalue weighted by molar-refractivity contribution is 0.205. The second kappa shape index (κ2) is 7.91. The van der Waals surface area contributed by atoms with E-state index in [-0.39, 0.29) is 18.1 Å². The molecule has 0 atom stereocenters. The van der Waals surface area contributed by atoms with Crippen LogP contribution in [0.5, 0.6) is 0 Å². The number of amides is 2. The van der Waals surface area contributed by atoms with Gasteiger partial charge >= 0.3 is 6.03 Å². The van der Waals surface area contributed by atoms with Gasteiger partial charge in [0.1, 0.15) is 5.82 Å². The summed E-state index contributed by atoms with van der Waals surface area (Å²) in [5.41, 5.74) is 5.11. The Morgan fingerprint density at radius 1 is 1.21 bits per heavy atom. The van der Waals surface area contributed by atoms with Crippen LogP contribution < -0.4 is 10.9 Å². The number of aryl methyl sites for hydroxylation is 2. The highest BCUT2D eigenvalue weighted by atomic mass is 16.2. The number of nitrogens with zero attached hydrogens (tertiary/aromatic N) is 2. The molecule has 0 saturated heterocycles. The standard InChI is InChI=1S/C23H24N4O2/c1-3-16-7-9-18(10-8-16)24-23(29)27-12-11-20-19(14-27)22(28)26-21(25-20)17-6-4-5-15(2)13-17/h4-10,13H,3,11-12,14H2,1-2H3,(H,24,29)(H,25,26,28). The Hall–Kier alpha value is -3.41. The van der Waals surface area contributed by atoms with Crippen molar-refractivity contribution in [2.75, 3.05) is 11.9 Å². The topological polar surface area (TPSA) is 78.1 Å². The lowest BCUT2D eigenvalue weighted by Crippen LogP contribution is -2.41. The number of H-pyrrole nitrogens is 1. The zero-order valence-electron chi connectivity index (χ0n) is 16.7. The molecule has 0 unspecified atom stereocenters. The van der Waals surface area contributed by atoms with Gasteiger partial charge in [-0.2, -0.15) is 0 Å². The zero-order chi connectivity index (χ0) is 20.4. The first-order chi connectivity index (χ1) is 14.0. The number of aromatic nitrogens is 2. The number of carbonyl (C=O) groups is 1. The van der Waals surface area contributed by atoms with Gasteiger partial charge in [0, 0.05) is 24.2 Å². The van der Waals surface area contributed by atoms with Crippen LogP contribution in [0.1, 0.15) is 29.3 Å². The predicted molar refractivity (Wildman–Crippen MR) is 114 cm³/mol.